The van der Waals surface area contributed by atoms with Gasteiger partial charge in [0.15, 0.2) is 0 Å². The van der Waals surface area contributed by atoms with Crippen LogP contribution in [0.5, 0.6) is 5.75 Å². The van der Waals surface area contributed by atoms with Gasteiger partial charge in [0.1, 0.15) is 11.6 Å². The van der Waals surface area contributed by atoms with Crippen molar-refractivity contribution in [1.82, 2.24) is 14.9 Å². The van der Waals surface area contributed by atoms with Crippen LogP contribution in [0.2, 0.25) is 0 Å². The van der Waals surface area contributed by atoms with Crippen molar-refractivity contribution in [1.29, 1.82) is 0 Å². The lowest BCUT2D eigenvalue weighted by Gasteiger charge is -2.31. The molecule has 0 atom stereocenters. The van der Waals surface area contributed by atoms with Gasteiger partial charge in [-0.15, -0.1) is 0 Å². The van der Waals surface area contributed by atoms with Gasteiger partial charge in [0.05, 0.1) is 17.6 Å². The number of rotatable bonds is 7. The van der Waals surface area contributed by atoms with Crippen LogP contribution in [0, 0.1) is 0 Å². The third-order valence-electron chi connectivity index (χ3n) is 5.78. The van der Waals surface area contributed by atoms with Gasteiger partial charge in [0.2, 0.25) is 5.91 Å². The Morgan fingerprint density at radius 2 is 1.90 bits per heavy atom. The highest BCUT2D eigenvalue weighted by molar-refractivity contribution is 5.76. The van der Waals surface area contributed by atoms with Crippen molar-refractivity contribution in [3.63, 3.8) is 0 Å². The van der Waals surface area contributed by atoms with E-state index in [1.54, 1.807) is 0 Å². The Bertz CT molecular complexity index is 907. The molecule has 152 valence electrons. The lowest BCUT2D eigenvalue weighted by atomic mass is 9.96. The van der Waals surface area contributed by atoms with Crippen molar-refractivity contribution in [2.45, 2.75) is 44.9 Å². The molecule has 29 heavy (non-hydrogen) atoms. The molecule has 1 aliphatic rings. The Morgan fingerprint density at radius 1 is 1.14 bits per heavy atom. The normalized spacial score (nSPS) is 15.0. The van der Waals surface area contributed by atoms with E-state index in [4.69, 9.17) is 9.72 Å². The zero-order chi connectivity index (χ0) is 20.1. The van der Waals surface area contributed by atoms with Crippen LogP contribution in [0.3, 0.4) is 0 Å². The molecule has 1 N–H and O–H groups in total. The molecule has 0 spiro atoms. The Morgan fingerprint density at radius 3 is 2.62 bits per heavy atom. The summed E-state index contributed by atoms with van der Waals surface area (Å²) in [4.78, 5) is 22.7. The van der Waals surface area contributed by atoms with Gasteiger partial charge in [-0.1, -0.05) is 31.2 Å². The number of aromatic nitrogens is 2. The number of benzene rings is 2. The Hall–Kier alpha value is -2.82. The van der Waals surface area contributed by atoms with Crippen LogP contribution in [0.1, 0.15) is 49.9 Å². The highest BCUT2D eigenvalue weighted by Gasteiger charge is 2.25. The van der Waals surface area contributed by atoms with E-state index in [0.717, 1.165) is 61.4 Å². The van der Waals surface area contributed by atoms with Crippen molar-refractivity contribution >= 4 is 16.9 Å². The van der Waals surface area contributed by atoms with Crippen LogP contribution >= 0.6 is 0 Å². The molecule has 1 aromatic heterocycles. The molecule has 0 saturated carbocycles. The summed E-state index contributed by atoms with van der Waals surface area (Å²) < 4.78 is 5.76. The van der Waals surface area contributed by atoms with Crippen LogP contribution in [0.4, 0.5) is 0 Å². The SMILES string of the molecule is CCc1ccc(OCCCC(=O)N2CCC(c3nc4ccccc4[nH]3)CC2)cc1. The third kappa shape index (κ3) is 4.78. The van der Waals surface area contributed by atoms with Gasteiger partial charge in [-0.25, -0.2) is 4.98 Å². The number of ether oxygens (including phenoxy) is 1. The van der Waals surface area contributed by atoms with Crippen molar-refractivity contribution in [2.75, 3.05) is 19.7 Å². The second-order valence-electron chi connectivity index (χ2n) is 7.74. The van der Waals surface area contributed by atoms with E-state index in [2.05, 4.69) is 30.1 Å². The van der Waals surface area contributed by atoms with Crippen molar-refractivity contribution in [3.8, 4) is 5.75 Å². The number of aryl methyl sites for hydroxylation is 1. The standard InChI is InChI=1S/C24H29N3O2/c1-2-18-9-11-20(12-10-18)29-17-5-8-23(28)27-15-13-19(14-16-27)24-25-21-6-3-4-7-22(21)26-24/h3-4,6-7,9-12,19H,2,5,8,13-17H2,1H3,(H,25,26). The molecule has 0 aliphatic carbocycles. The first kappa shape index (κ1) is 19.5. The molecule has 5 heteroatoms. The fourth-order valence-corrected chi connectivity index (χ4v) is 3.96. The van der Waals surface area contributed by atoms with E-state index in [1.165, 1.54) is 5.56 Å². The van der Waals surface area contributed by atoms with Crippen LogP contribution < -0.4 is 4.74 Å². The Balaban J connectivity index is 1.19. The molecule has 2 heterocycles. The van der Waals surface area contributed by atoms with E-state index in [1.807, 2.05) is 35.2 Å². The maximum Gasteiger partial charge on any atom is 0.222 e. The molecule has 0 unspecified atom stereocenters. The molecule has 2 aromatic carbocycles. The van der Waals surface area contributed by atoms with Crippen LogP contribution in [0.15, 0.2) is 48.5 Å². The zero-order valence-corrected chi connectivity index (χ0v) is 17.1. The molecule has 1 saturated heterocycles. The van der Waals surface area contributed by atoms with Gasteiger partial charge < -0.3 is 14.6 Å². The molecule has 1 aliphatic heterocycles. The number of piperidine rings is 1. The highest BCUT2D eigenvalue weighted by Crippen LogP contribution is 2.28. The predicted molar refractivity (Wildman–Crippen MR) is 115 cm³/mol. The fourth-order valence-electron chi connectivity index (χ4n) is 3.96. The van der Waals surface area contributed by atoms with E-state index in [9.17, 15) is 4.79 Å². The van der Waals surface area contributed by atoms with E-state index < -0.39 is 0 Å². The number of imidazole rings is 1. The van der Waals surface area contributed by atoms with Gasteiger partial charge in [-0.2, -0.15) is 0 Å². The number of likely N-dealkylation sites (tertiary alicyclic amines) is 1. The van der Waals surface area contributed by atoms with Gasteiger partial charge in [0.25, 0.3) is 0 Å². The van der Waals surface area contributed by atoms with Crippen molar-refractivity contribution in [3.05, 3.63) is 59.9 Å². The first-order chi connectivity index (χ1) is 14.2. The van der Waals surface area contributed by atoms with Gasteiger partial charge in [0, 0.05) is 25.4 Å². The number of amides is 1. The van der Waals surface area contributed by atoms with Crippen molar-refractivity contribution < 1.29 is 9.53 Å². The smallest absolute Gasteiger partial charge is 0.222 e. The number of carbonyl (C=O) groups excluding carboxylic acids is 1. The van der Waals surface area contributed by atoms with E-state index in [-0.39, 0.29) is 5.91 Å². The number of carbonyl (C=O) groups is 1. The molecular formula is C24H29N3O2. The second-order valence-corrected chi connectivity index (χ2v) is 7.74. The number of aromatic amines is 1. The average molecular weight is 392 g/mol. The first-order valence-corrected chi connectivity index (χ1v) is 10.7. The molecule has 1 amide bonds. The van der Waals surface area contributed by atoms with Crippen LogP contribution in [-0.4, -0.2) is 40.5 Å². The minimum Gasteiger partial charge on any atom is -0.494 e. The topological polar surface area (TPSA) is 58.2 Å². The number of nitrogens with zero attached hydrogens (tertiary/aromatic N) is 2. The zero-order valence-electron chi connectivity index (χ0n) is 17.1. The first-order valence-electron chi connectivity index (χ1n) is 10.7. The summed E-state index contributed by atoms with van der Waals surface area (Å²) in [5.41, 5.74) is 3.41. The minimum absolute atomic E-state index is 0.234. The summed E-state index contributed by atoms with van der Waals surface area (Å²) in [7, 11) is 0. The summed E-state index contributed by atoms with van der Waals surface area (Å²) in [6, 6.07) is 16.3. The molecule has 1 fully saturated rings. The van der Waals surface area contributed by atoms with E-state index in [0.29, 0.717) is 18.9 Å². The Kier molecular flexibility index (Phi) is 6.13. The van der Waals surface area contributed by atoms with Crippen molar-refractivity contribution in [2.24, 2.45) is 0 Å². The summed E-state index contributed by atoms with van der Waals surface area (Å²) in [5, 5.41) is 0. The number of H-pyrrole nitrogens is 1. The fraction of sp³-hybridized carbons (Fsp3) is 0.417. The van der Waals surface area contributed by atoms with Gasteiger partial charge in [-0.05, 0) is 55.5 Å². The second kappa shape index (κ2) is 9.12. The van der Waals surface area contributed by atoms with Gasteiger partial charge in [-0.3, -0.25) is 4.79 Å². The predicted octanol–water partition coefficient (Wildman–Crippen LogP) is 4.69. The highest BCUT2D eigenvalue weighted by atomic mass is 16.5. The maximum atomic E-state index is 12.5. The number of nitrogens with one attached hydrogen (secondary N) is 1. The van der Waals surface area contributed by atoms with Gasteiger partial charge >= 0.3 is 0 Å². The summed E-state index contributed by atoms with van der Waals surface area (Å²) in [6.45, 7) is 4.33. The molecule has 0 radical (unpaired) electrons. The largest absolute Gasteiger partial charge is 0.494 e. The molecule has 0 bridgehead atoms. The number of fused-ring (bicyclic) bond motifs is 1. The van der Waals surface area contributed by atoms with Crippen LogP contribution in [-0.2, 0) is 11.2 Å². The van der Waals surface area contributed by atoms with E-state index >= 15 is 0 Å². The maximum absolute atomic E-state index is 12.5. The monoisotopic (exact) mass is 391 g/mol. The third-order valence-corrected chi connectivity index (χ3v) is 5.78. The summed E-state index contributed by atoms with van der Waals surface area (Å²) in [6.07, 6.45) is 4.25. The number of para-hydroxylation sites is 2. The number of hydrogen-bond donors (Lipinski definition) is 1. The summed E-state index contributed by atoms with van der Waals surface area (Å²) >= 11 is 0. The average Bonchev–Trinajstić information content (AvgIpc) is 3.21. The quantitative estimate of drug-likeness (QED) is 0.595. The minimum atomic E-state index is 0.234. The molecule has 5 nitrogen and oxygen atoms in total. The molecule has 4 rings (SSSR count). The molecule has 3 aromatic rings. The van der Waals surface area contributed by atoms with Crippen LogP contribution in [0.25, 0.3) is 11.0 Å². The summed E-state index contributed by atoms with van der Waals surface area (Å²) in [5.74, 6) is 2.57. The number of hydrogen-bond acceptors (Lipinski definition) is 3. The lowest BCUT2D eigenvalue weighted by molar-refractivity contribution is -0.132. The lowest BCUT2D eigenvalue weighted by Crippen LogP contribution is -2.38. The molecular weight excluding hydrogens is 362 g/mol. The Labute approximate surface area is 172 Å².